The Morgan fingerprint density at radius 2 is 2.62 bits per heavy atom. The number of ether oxygens (including phenoxy) is 1. The van der Waals surface area contributed by atoms with Gasteiger partial charge in [-0.3, -0.25) is 0 Å². The van der Waals surface area contributed by atoms with Gasteiger partial charge >= 0.3 is 6.09 Å². The van der Waals surface area contributed by atoms with Crippen LogP contribution in [0.4, 0.5) is 4.79 Å². The molecule has 0 N–H and O–H groups in total. The predicted molar refractivity (Wildman–Crippen MR) is 43.1 cm³/mol. The first-order valence-electron chi connectivity index (χ1n) is 4.04. The van der Waals surface area contributed by atoms with Crippen molar-refractivity contribution in [3.05, 3.63) is 18.4 Å². The van der Waals surface area contributed by atoms with E-state index in [2.05, 4.69) is 4.98 Å². The lowest BCUT2D eigenvalue weighted by atomic mass is 10.2. The van der Waals surface area contributed by atoms with Crippen LogP contribution in [-0.4, -0.2) is 35.7 Å². The van der Waals surface area contributed by atoms with Crippen LogP contribution in [0.5, 0.6) is 0 Å². The van der Waals surface area contributed by atoms with Gasteiger partial charge in [0.25, 0.3) is 0 Å². The highest BCUT2D eigenvalue weighted by Crippen LogP contribution is 2.13. The maximum absolute atomic E-state index is 11.0. The molecule has 1 aliphatic rings. The fourth-order valence-electron chi connectivity index (χ4n) is 1.31. The lowest BCUT2D eigenvalue weighted by Gasteiger charge is -2.13. The summed E-state index contributed by atoms with van der Waals surface area (Å²) in [5.41, 5.74) is 0.843. The Hall–Kier alpha value is -1.52. The molecule has 0 radical (unpaired) electrons. The first kappa shape index (κ1) is 8.10. The first-order valence-corrected chi connectivity index (χ1v) is 4.04. The smallest absolute Gasteiger partial charge is 0.409 e. The summed E-state index contributed by atoms with van der Waals surface area (Å²) < 4.78 is 9.69. The number of cyclic esters (lactones) is 1. The van der Waals surface area contributed by atoms with E-state index in [0.29, 0.717) is 13.0 Å². The summed E-state index contributed by atoms with van der Waals surface area (Å²) in [7, 11) is 1.72. The lowest BCUT2D eigenvalue weighted by molar-refractivity contribution is 0.163. The van der Waals surface area contributed by atoms with Crippen LogP contribution in [0.3, 0.4) is 0 Å². The van der Waals surface area contributed by atoms with Gasteiger partial charge in [0.15, 0.2) is 6.39 Å². The SMILES string of the molecule is CN1C(=O)OCC1Cc1cocn1. The summed E-state index contributed by atoms with van der Waals surface area (Å²) in [5, 5.41) is 0. The van der Waals surface area contributed by atoms with Crippen LogP contribution in [0.15, 0.2) is 17.1 Å². The van der Waals surface area contributed by atoms with Crippen molar-refractivity contribution >= 4 is 6.09 Å². The highest BCUT2D eigenvalue weighted by Gasteiger charge is 2.29. The molecule has 0 spiro atoms. The number of amides is 1. The number of carbonyl (C=O) groups excluding carboxylic acids is 1. The average Bonchev–Trinajstić information content (AvgIpc) is 2.71. The minimum Gasteiger partial charge on any atom is -0.451 e. The summed E-state index contributed by atoms with van der Waals surface area (Å²) >= 11 is 0. The van der Waals surface area contributed by atoms with E-state index in [4.69, 9.17) is 9.15 Å². The maximum atomic E-state index is 11.0. The number of likely N-dealkylation sites (N-methyl/N-ethyl adjacent to an activating group) is 1. The van der Waals surface area contributed by atoms with Gasteiger partial charge in [-0.25, -0.2) is 9.78 Å². The van der Waals surface area contributed by atoms with Gasteiger partial charge in [-0.2, -0.15) is 0 Å². The van der Waals surface area contributed by atoms with Crippen molar-refractivity contribution in [1.82, 2.24) is 9.88 Å². The minimum absolute atomic E-state index is 0.0811. The minimum atomic E-state index is -0.270. The Morgan fingerprint density at radius 1 is 1.77 bits per heavy atom. The van der Waals surface area contributed by atoms with Crippen LogP contribution in [0, 0.1) is 0 Å². The van der Waals surface area contributed by atoms with Crippen LogP contribution in [0.2, 0.25) is 0 Å². The van der Waals surface area contributed by atoms with Crippen molar-refractivity contribution in [3.8, 4) is 0 Å². The third-order valence-corrected chi connectivity index (χ3v) is 2.16. The Kier molecular flexibility index (Phi) is 1.92. The van der Waals surface area contributed by atoms with Crippen LogP contribution in [0.25, 0.3) is 0 Å². The molecule has 5 nitrogen and oxygen atoms in total. The zero-order valence-electron chi connectivity index (χ0n) is 7.27. The molecule has 5 heteroatoms. The van der Waals surface area contributed by atoms with Gasteiger partial charge in [0.05, 0.1) is 11.7 Å². The molecule has 70 valence electrons. The van der Waals surface area contributed by atoms with E-state index in [1.54, 1.807) is 18.2 Å². The molecule has 0 saturated carbocycles. The summed E-state index contributed by atoms with van der Waals surface area (Å²) in [6, 6.07) is 0.0811. The van der Waals surface area contributed by atoms with Crippen LogP contribution in [-0.2, 0) is 11.2 Å². The summed E-state index contributed by atoms with van der Waals surface area (Å²) in [5.74, 6) is 0. The van der Waals surface area contributed by atoms with Crippen LogP contribution in [0.1, 0.15) is 5.69 Å². The zero-order chi connectivity index (χ0) is 9.26. The highest BCUT2D eigenvalue weighted by atomic mass is 16.6. The van der Waals surface area contributed by atoms with Gasteiger partial charge in [-0.1, -0.05) is 0 Å². The molecular formula is C8H10N2O3. The molecule has 1 atom stereocenters. The second-order valence-electron chi connectivity index (χ2n) is 3.03. The first-order chi connectivity index (χ1) is 6.27. The van der Waals surface area contributed by atoms with Gasteiger partial charge in [0.1, 0.15) is 12.9 Å². The van der Waals surface area contributed by atoms with E-state index in [1.165, 1.54) is 6.39 Å². The molecule has 1 aromatic heterocycles. The molecule has 1 unspecified atom stereocenters. The van der Waals surface area contributed by atoms with E-state index >= 15 is 0 Å². The van der Waals surface area contributed by atoms with Crippen molar-refractivity contribution < 1.29 is 13.9 Å². The Labute approximate surface area is 75.3 Å². The van der Waals surface area contributed by atoms with Crippen molar-refractivity contribution in [2.24, 2.45) is 0 Å². The number of rotatable bonds is 2. The Morgan fingerprint density at radius 3 is 3.15 bits per heavy atom. The van der Waals surface area contributed by atoms with Crippen molar-refractivity contribution in [2.75, 3.05) is 13.7 Å². The fraction of sp³-hybridized carbons (Fsp3) is 0.500. The van der Waals surface area contributed by atoms with Gasteiger partial charge in [-0.05, 0) is 0 Å². The summed E-state index contributed by atoms with van der Waals surface area (Å²) in [6.07, 6.45) is 3.37. The quantitative estimate of drug-likeness (QED) is 0.674. The summed E-state index contributed by atoms with van der Waals surface area (Å²) in [6.45, 7) is 0.433. The van der Waals surface area contributed by atoms with Gasteiger partial charge in [0.2, 0.25) is 0 Å². The molecule has 1 aromatic rings. The van der Waals surface area contributed by atoms with Gasteiger partial charge < -0.3 is 14.1 Å². The molecule has 0 aliphatic carbocycles. The molecule has 13 heavy (non-hydrogen) atoms. The molecule has 0 aromatic carbocycles. The van der Waals surface area contributed by atoms with E-state index in [9.17, 15) is 4.79 Å². The van der Waals surface area contributed by atoms with Gasteiger partial charge in [0, 0.05) is 13.5 Å². The second kappa shape index (κ2) is 3.08. The fourth-order valence-corrected chi connectivity index (χ4v) is 1.31. The molecule has 1 fully saturated rings. The molecule has 0 bridgehead atoms. The van der Waals surface area contributed by atoms with Gasteiger partial charge in [-0.15, -0.1) is 0 Å². The molecule has 1 aliphatic heterocycles. The monoisotopic (exact) mass is 182 g/mol. The van der Waals surface area contributed by atoms with E-state index in [1.807, 2.05) is 0 Å². The molecule has 1 saturated heterocycles. The molecular weight excluding hydrogens is 172 g/mol. The van der Waals surface area contributed by atoms with Crippen molar-refractivity contribution in [1.29, 1.82) is 0 Å². The Balaban J connectivity index is 2.00. The number of oxazole rings is 1. The number of aromatic nitrogens is 1. The van der Waals surface area contributed by atoms with E-state index < -0.39 is 0 Å². The third kappa shape index (κ3) is 1.49. The predicted octanol–water partition coefficient (Wildman–Crippen LogP) is 0.668. The summed E-state index contributed by atoms with van der Waals surface area (Å²) in [4.78, 5) is 16.5. The molecule has 1 amide bonds. The van der Waals surface area contributed by atoms with Crippen molar-refractivity contribution in [2.45, 2.75) is 12.5 Å². The standard InChI is InChI=1S/C8H10N2O3/c1-10-7(4-13-8(10)11)2-6-3-12-5-9-6/h3,5,7H,2,4H2,1H3. The van der Waals surface area contributed by atoms with Crippen LogP contribution >= 0.6 is 0 Å². The number of nitrogens with zero attached hydrogens (tertiary/aromatic N) is 2. The third-order valence-electron chi connectivity index (χ3n) is 2.16. The largest absolute Gasteiger partial charge is 0.451 e. The molecule has 2 rings (SSSR count). The average molecular weight is 182 g/mol. The zero-order valence-corrected chi connectivity index (χ0v) is 7.27. The molecule has 2 heterocycles. The topological polar surface area (TPSA) is 55.6 Å². The van der Waals surface area contributed by atoms with E-state index in [-0.39, 0.29) is 12.1 Å². The number of hydrogen-bond acceptors (Lipinski definition) is 4. The van der Waals surface area contributed by atoms with Crippen LogP contribution < -0.4 is 0 Å². The van der Waals surface area contributed by atoms with Crippen molar-refractivity contribution in [3.63, 3.8) is 0 Å². The Bertz CT molecular complexity index is 296. The number of carbonyl (C=O) groups is 1. The normalized spacial score (nSPS) is 22.1. The van der Waals surface area contributed by atoms with E-state index in [0.717, 1.165) is 5.69 Å². The maximum Gasteiger partial charge on any atom is 0.409 e. The lowest BCUT2D eigenvalue weighted by Crippen LogP contribution is -2.31. The second-order valence-corrected chi connectivity index (χ2v) is 3.03. The number of hydrogen-bond donors (Lipinski definition) is 0. The highest BCUT2D eigenvalue weighted by molar-refractivity contribution is 5.69.